The number of aryl methyl sites for hydroxylation is 4. The highest BCUT2D eigenvalue weighted by Gasteiger charge is 2.14. The Labute approximate surface area is 113 Å². The van der Waals surface area contributed by atoms with Gasteiger partial charge in [0, 0.05) is 0 Å². The number of nitrogens with one attached hydrogen (secondary N) is 1. The average Bonchev–Trinajstić information content (AvgIpc) is 2.57. The van der Waals surface area contributed by atoms with Gasteiger partial charge in [0.15, 0.2) is 0 Å². The number of aromatic nitrogens is 2. The topological polar surface area (TPSA) is 63.8 Å². The zero-order valence-electron chi connectivity index (χ0n) is 12.0. The molecule has 0 aliphatic rings. The van der Waals surface area contributed by atoms with Gasteiger partial charge in [-0.1, -0.05) is 31.0 Å². The second kappa shape index (κ2) is 4.96. The van der Waals surface area contributed by atoms with Crippen molar-refractivity contribution in [2.75, 3.05) is 5.73 Å². The van der Waals surface area contributed by atoms with Crippen molar-refractivity contribution >= 4 is 5.69 Å². The molecule has 0 atom stereocenters. The molecule has 1 heterocycles. The fraction of sp³-hybridized carbons (Fsp3) is 0.400. The Hall–Kier alpha value is -1.97. The summed E-state index contributed by atoms with van der Waals surface area (Å²) in [6.45, 7) is 8.15. The maximum atomic E-state index is 12.3. The molecule has 0 bridgehead atoms. The zero-order chi connectivity index (χ0) is 14.2. The molecule has 0 aliphatic carbocycles. The SMILES string of the molecule is CCCc1[nH]n(-c2c(C)cc(C)cc2C)c(=O)c1N. The van der Waals surface area contributed by atoms with Gasteiger partial charge >= 0.3 is 0 Å². The van der Waals surface area contributed by atoms with Crippen LogP contribution in [0.4, 0.5) is 5.69 Å². The first-order valence-corrected chi connectivity index (χ1v) is 6.63. The Morgan fingerprint density at radius 2 is 1.79 bits per heavy atom. The van der Waals surface area contributed by atoms with Crippen LogP contribution in [-0.2, 0) is 6.42 Å². The van der Waals surface area contributed by atoms with E-state index in [0.29, 0.717) is 5.69 Å². The van der Waals surface area contributed by atoms with Crippen LogP contribution < -0.4 is 11.3 Å². The van der Waals surface area contributed by atoms with Crippen LogP contribution in [0.3, 0.4) is 0 Å². The van der Waals surface area contributed by atoms with Gasteiger partial charge in [0.05, 0.1) is 11.4 Å². The van der Waals surface area contributed by atoms with Gasteiger partial charge in [-0.05, 0) is 38.3 Å². The van der Waals surface area contributed by atoms with Gasteiger partial charge in [-0.3, -0.25) is 9.89 Å². The van der Waals surface area contributed by atoms with E-state index in [-0.39, 0.29) is 5.56 Å². The van der Waals surface area contributed by atoms with Crippen LogP contribution in [0.15, 0.2) is 16.9 Å². The van der Waals surface area contributed by atoms with Gasteiger partial charge in [0.2, 0.25) is 0 Å². The highest BCUT2D eigenvalue weighted by molar-refractivity contribution is 5.52. The van der Waals surface area contributed by atoms with Crippen molar-refractivity contribution in [1.29, 1.82) is 0 Å². The average molecular weight is 259 g/mol. The van der Waals surface area contributed by atoms with Crippen molar-refractivity contribution in [2.24, 2.45) is 0 Å². The summed E-state index contributed by atoms with van der Waals surface area (Å²) in [6.07, 6.45) is 1.74. The quantitative estimate of drug-likeness (QED) is 0.890. The molecule has 4 heteroatoms. The third-order valence-electron chi connectivity index (χ3n) is 3.36. The molecule has 3 N–H and O–H groups in total. The van der Waals surface area contributed by atoms with E-state index in [2.05, 4.69) is 31.1 Å². The number of nitrogen functional groups attached to an aromatic ring is 1. The number of hydrogen-bond acceptors (Lipinski definition) is 2. The standard InChI is InChI=1S/C15H21N3O/c1-5-6-12-13(16)15(19)18(17-12)14-10(3)7-9(2)8-11(14)4/h7-8,17H,5-6,16H2,1-4H3. The number of benzene rings is 1. The highest BCUT2D eigenvalue weighted by atomic mass is 16.1. The molecule has 0 aliphatic heterocycles. The second-order valence-corrected chi connectivity index (χ2v) is 5.14. The maximum absolute atomic E-state index is 12.3. The van der Waals surface area contributed by atoms with Crippen molar-refractivity contribution in [1.82, 2.24) is 9.78 Å². The Kier molecular flexibility index (Phi) is 3.51. The molecule has 1 aromatic carbocycles. The van der Waals surface area contributed by atoms with E-state index in [0.717, 1.165) is 35.3 Å². The van der Waals surface area contributed by atoms with Crippen LogP contribution in [0, 0.1) is 20.8 Å². The zero-order valence-corrected chi connectivity index (χ0v) is 12.0. The van der Waals surface area contributed by atoms with Crippen molar-refractivity contribution in [3.8, 4) is 5.69 Å². The lowest BCUT2D eigenvalue weighted by molar-refractivity contribution is 0.785. The van der Waals surface area contributed by atoms with E-state index in [1.165, 1.54) is 5.56 Å². The number of hydrogen-bond donors (Lipinski definition) is 2. The van der Waals surface area contributed by atoms with E-state index in [9.17, 15) is 4.79 Å². The lowest BCUT2D eigenvalue weighted by atomic mass is 10.1. The molecule has 19 heavy (non-hydrogen) atoms. The van der Waals surface area contributed by atoms with Crippen LogP contribution in [0.2, 0.25) is 0 Å². The molecule has 2 rings (SSSR count). The summed E-state index contributed by atoms with van der Waals surface area (Å²) in [5.74, 6) is 0. The predicted molar refractivity (Wildman–Crippen MR) is 79.0 cm³/mol. The van der Waals surface area contributed by atoms with E-state index >= 15 is 0 Å². The van der Waals surface area contributed by atoms with Crippen LogP contribution in [0.1, 0.15) is 35.7 Å². The van der Waals surface area contributed by atoms with Gasteiger partial charge in [-0.2, -0.15) is 0 Å². The summed E-state index contributed by atoms with van der Waals surface area (Å²) in [5.41, 5.74) is 11.1. The van der Waals surface area contributed by atoms with Gasteiger partial charge in [0.25, 0.3) is 5.56 Å². The first-order valence-electron chi connectivity index (χ1n) is 6.63. The molecule has 0 radical (unpaired) electrons. The maximum Gasteiger partial charge on any atom is 0.294 e. The minimum Gasteiger partial charge on any atom is -0.393 e. The molecular formula is C15H21N3O. The molecule has 2 aromatic rings. The summed E-state index contributed by atoms with van der Waals surface area (Å²) in [6, 6.07) is 4.15. The minimum atomic E-state index is -0.154. The van der Waals surface area contributed by atoms with Crippen molar-refractivity contribution < 1.29 is 0 Å². The van der Waals surface area contributed by atoms with Gasteiger partial charge in [-0.15, -0.1) is 0 Å². The number of anilines is 1. The number of aromatic amines is 1. The predicted octanol–water partition coefficient (Wildman–Crippen LogP) is 2.63. The van der Waals surface area contributed by atoms with Crippen molar-refractivity contribution in [2.45, 2.75) is 40.5 Å². The molecule has 0 fully saturated rings. The van der Waals surface area contributed by atoms with Crippen LogP contribution in [-0.4, -0.2) is 9.78 Å². The highest BCUT2D eigenvalue weighted by Crippen LogP contribution is 2.20. The van der Waals surface area contributed by atoms with Crippen LogP contribution >= 0.6 is 0 Å². The lowest BCUT2D eigenvalue weighted by Crippen LogP contribution is -2.18. The van der Waals surface area contributed by atoms with Crippen molar-refractivity contribution in [3.63, 3.8) is 0 Å². The third-order valence-corrected chi connectivity index (χ3v) is 3.36. The molecule has 0 unspecified atom stereocenters. The van der Waals surface area contributed by atoms with Gasteiger partial charge in [-0.25, -0.2) is 4.68 Å². The summed E-state index contributed by atoms with van der Waals surface area (Å²) >= 11 is 0. The van der Waals surface area contributed by atoms with Crippen LogP contribution in [0.25, 0.3) is 5.69 Å². The fourth-order valence-corrected chi connectivity index (χ4v) is 2.62. The van der Waals surface area contributed by atoms with E-state index < -0.39 is 0 Å². The number of H-pyrrole nitrogens is 1. The van der Waals surface area contributed by atoms with E-state index in [4.69, 9.17) is 5.73 Å². The first-order chi connectivity index (χ1) is 8.95. The molecule has 4 nitrogen and oxygen atoms in total. The lowest BCUT2D eigenvalue weighted by Gasteiger charge is -2.11. The van der Waals surface area contributed by atoms with E-state index in [1.54, 1.807) is 4.68 Å². The molecule has 0 saturated heterocycles. The number of nitrogens with two attached hydrogens (primary N) is 1. The summed E-state index contributed by atoms with van der Waals surface area (Å²) < 4.78 is 1.57. The third kappa shape index (κ3) is 2.30. The summed E-state index contributed by atoms with van der Waals surface area (Å²) in [7, 11) is 0. The molecule has 102 valence electrons. The molecular weight excluding hydrogens is 238 g/mol. The molecule has 0 amide bonds. The smallest absolute Gasteiger partial charge is 0.294 e. The largest absolute Gasteiger partial charge is 0.393 e. The Morgan fingerprint density at radius 1 is 1.21 bits per heavy atom. The van der Waals surface area contributed by atoms with Gasteiger partial charge in [0.1, 0.15) is 5.69 Å². The van der Waals surface area contributed by atoms with Crippen LogP contribution in [0.5, 0.6) is 0 Å². The summed E-state index contributed by atoms with van der Waals surface area (Å²) in [5, 5.41) is 3.15. The van der Waals surface area contributed by atoms with E-state index in [1.807, 2.05) is 13.8 Å². The Morgan fingerprint density at radius 3 is 2.32 bits per heavy atom. The van der Waals surface area contributed by atoms with Crippen molar-refractivity contribution in [3.05, 3.63) is 44.9 Å². The second-order valence-electron chi connectivity index (χ2n) is 5.14. The number of rotatable bonds is 3. The molecule has 1 aromatic heterocycles. The minimum absolute atomic E-state index is 0.154. The summed E-state index contributed by atoms with van der Waals surface area (Å²) in [4.78, 5) is 12.3. The molecule has 0 spiro atoms. The van der Waals surface area contributed by atoms with Gasteiger partial charge < -0.3 is 5.73 Å². The Balaban J connectivity index is 2.66. The Bertz CT molecular complexity index is 642. The first kappa shape index (κ1) is 13.5. The molecule has 0 saturated carbocycles. The monoisotopic (exact) mass is 259 g/mol. The normalized spacial score (nSPS) is 10.9. The number of nitrogens with zero attached hydrogens (tertiary/aromatic N) is 1. The fourth-order valence-electron chi connectivity index (χ4n) is 2.62.